The second-order valence-corrected chi connectivity index (χ2v) is 5.39. The maximum Gasteiger partial charge on any atom is 0.0722 e. The summed E-state index contributed by atoms with van der Waals surface area (Å²) in [5.74, 6) is 0. The van der Waals surface area contributed by atoms with Crippen molar-refractivity contribution >= 4 is 22.2 Å². The van der Waals surface area contributed by atoms with Gasteiger partial charge in [0, 0.05) is 29.8 Å². The molecule has 2 aromatic heterocycles. The summed E-state index contributed by atoms with van der Waals surface area (Å²) >= 11 is 1.70. The van der Waals surface area contributed by atoms with E-state index >= 15 is 0 Å². The zero-order valence-corrected chi connectivity index (χ0v) is 11.0. The fourth-order valence-electron chi connectivity index (χ4n) is 2.25. The second kappa shape index (κ2) is 4.55. The molecule has 0 saturated carbocycles. The fraction of sp³-hybridized carbons (Fsp3) is 0.214. The Morgan fingerprint density at radius 3 is 2.89 bits per heavy atom. The van der Waals surface area contributed by atoms with Gasteiger partial charge in [-0.2, -0.15) is 5.10 Å². The molecule has 0 saturated heterocycles. The molecule has 3 nitrogen and oxygen atoms in total. The monoisotopic (exact) mass is 257 g/mol. The van der Waals surface area contributed by atoms with Gasteiger partial charge in [-0.05, 0) is 17.5 Å². The van der Waals surface area contributed by atoms with Gasteiger partial charge in [0.15, 0.2) is 0 Å². The third kappa shape index (κ3) is 1.94. The number of benzene rings is 1. The number of nitrogens with zero attached hydrogens (tertiary/aromatic N) is 2. The summed E-state index contributed by atoms with van der Waals surface area (Å²) in [7, 11) is 1.97. The third-order valence-electron chi connectivity index (χ3n) is 3.16. The van der Waals surface area contributed by atoms with Crippen molar-refractivity contribution in [2.75, 3.05) is 0 Å². The van der Waals surface area contributed by atoms with Crippen LogP contribution in [-0.4, -0.2) is 9.78 Å². The van der Waals surface area contributed by atoms with Crippen molar-refractivity contribution in [1.29, 1.82) is 0 Å². The number of fused-ring (bicyclic) bond motifs is 1. The van der Waals surface area contributed by atoms with Crippen LogP contribution in [0.15, 0.2) is 41.8 Å². The number of rotatable bonds is 3. The van der Waals surface area contributed by atoms with Gasteiger partial charge in [-0.1, -0.05) is 24.3 Å². The summed E-state index contributed by atoms with van der Waals surface area (Å²) < 4.78 is 1.92. The summed E-state index contributed by atoms with van der Waals surface area (Å²) in [5.41, 5.74) is 8.47. The van der Waals surface area contributed by atoms with E-state index in [1.54, 1.807) is 11.3 Å². The number of aryl methyl sites for hydroxylation is 1. The van der Waals surface area contributed by atoms with Crippen molar-refractivity contribution in [3.8, 4) is 0 Å². The van der Waals surface area contributed by atoms with E-state index < -0.39 is 0 Å². The molecule has 0 radical (unpaired) electrons. The molecule has 2 heterocycles. The van der Waals surface area contributed by atoms with E-state index in [1.165, 1.54) is 10.3 Å². The molecule has 1 unspecified atom stereocenters. The Bertz CT molecular complexity index is 655. The average molecular weight is 257 g/mol. The first kappa shape index (κ1) is 11.4. The van der Waals surface area contributed by atoms with E-state index in [1.807, 2.05) is 29.9 Å². The number of nitrogens with two attached hydrogens (primary N) is 1. The van der Waals surface area contributed by atoms with Gasteiger partial charge in [0.1, 0.15) is 0 Å². The summed E-state index contributed by atoms with van der Waals surface area (Å²) in [6.07, 6.45) is 0.780. The topological polar surface area (TPSA) is 43.8 Å². The van der Waals surface area contributed by atoms with Crippen LogP contribution in [0, 0.1) is 0 Å². The van der Waals surface area contributed by atoms with Crippen LogP contribution >= 0.6 is 11.3 Å². The van der Waals surface area contributed by atoms with Crippen molar-refractivity contribution in [2.45, 2.75) is 12.5 Å². The van der Waals surface area contributed by atoms with Crippen molar-refractivity contribution in [3.05, 3.63) is 52.3 Å². The number of hydrogen-bond acceptors (Lipinski definition) is 3. The fourth-order valence-corrected chi connectivity index (χ4v) is 2.98. The van der Waals surface area contributed by atoms with E-state index in [0.29, 0.717) is 0 Å². The molecule has 0 aliphatic rings. The lowest BCUT2D eigenvalue weighted by Gasteiger charge is -2.07. The number of para-hydroxylation sites is 1. The maximum absolute atomic E-state index is 6.23. The summed E-state index contributed by atoms with van der Waals surface area (Å²) in [6, 6.07) is 12.4. The van der Waals surface area contributed by atoms with Gasteiger partial charge in [0.05, 0.1) is 11.2 Å². The Morgan fingerprint density at radius 2 is 2.11 bits per heavy atom. The summed E-state index contributed by atoms with van der Waals surface area (Å²) in [6.45, 7) is 0. The Hall–Kier alpha value is -1.65. The zero-order valence-electron chi connectivity index (χ0n) is 10.2. The molecule has 92 valence electrons. The molecule has 0 spiro atoms. The normalized spacial score (nSPS) is 13.0. The molecule has 3 rings (SSSR count). The van der Waals surface area contributed by atoms with Crippen LogP contribution in [0.3, 0.4) is 0 Å². The highest BCUT2D eigenvalue weighted by Gasteiger charge is 2.13. The lowest BCUT2D eigenvalue weighted by atomic mass is 10.1. The lowest BCUT2D eigenvalue weighted by Crippen LogP contribution is -2.12. The van der Waals surface area contributed by atoms with Crippen LogP contribution in [-0.2, 0) is 13.5 Å². The van der Waals surface area contributed by atoms with E-state index in [2.05, 4.69) is 28.7 Å². The Kier molecular flexibility index (Phi) is 2.89. The van der Waals surface area contributed by atoms with E-state index in [-0.39, 0.29) is 6.04 Å². The number of thiophene rings is 1. The van der Waals surface area contributed by atoms with E-state index in [4.69, 9.17) is 5.73 Å². The molecular formula is C14H15N3S. The first-order valence-electron chi connectivity index (χ1n) is 5.95. The lowest BCUT2D eigenvalue weighted by molar-refractivity contribution is 0.691. The van der Waals surface area contributed by atoms with Gasteiger partial charge in [-0.25, -0.2) is 0 Å². The number of hydrogen-bond donors (Lipinski definition) is 1. The Balaban J connectivity index is 1.96. The summed E-state index contributed by atoms with van der Waals surface area (Å²) in [5, 5.41) is 7.84. The first-order chi connectivity index (χ1) is 8.75. The predicted octanol–water partition coefficient (Wildman–Crippen LogP) is 2.88. The van der Waals surface area contributed by atoms with Crippen LogP contribution in [0.2, 0.25) is 0 Å². The predicted molar refractivity (Wildman–Crippen MR) is 75.7 cm³/mol. The van der Waals surface area contributed by atoms with Gasteiger partial charge in [-0.3, -0.25) is 4.68 Å². The molecule has 0 fully saturated rings. The Morgan fingerprint density at radius 1 is 1.28 bits per heavy atom. The molecule has 1 aromatic carbocycles. The third-order valence-corrected chi connectivity index (χ3v) is 4.16. The molecule has 1 atom stereocenters. The highest BCUT2D eigenvalue weighted by Crippen LogP contribution is 2.24. The molecular weight excluding hydrogens is 242 g/mol. The Labute approximate surface area is 110 Å². The van der Waals surface area contributed by atoms with Crippen LogP contribution in [0.5, 0.6) is 0 Å². The van der Waals surface area contributed by atoms with Crippen molar-refractivity contribution in [3.63, 3.8) is 0 Å². The van der Waals surface area contributed by atoms with Crippen molar-refractivity contribution < 1.29 is 0 Å². The minimum atomic E-state index is 0.0308. The van der Waals surface area contributed by atoms with Gasteiger partial charge in [0.25, 0.3) is 0 Å². The van der Waals surface area contributed by atoms with Crippen molar-refractivity contribution in [1.82, 2.24) is 9.78 Å². The van der Waals surface area contributed by atoms with Crippen molar-refractivity contribution in [2.24, 2.45) is 12.8 Å². The van der Waals surface area contributed by atoms with Crippen LogP contribution < -0.4 is 5.73 Å². The highest BCUT2D eigenvalue weighted by atomic mass is 32.1. The smallest absolute Gasteiger partial charge is 0.0722 e. The molecule has 2 N–H and O–H groups in total. The van der Waals surface area contributed by atoms with Crippen LogP contribution in [0.1, 0.15) is 16.6 Å². The van der Waals surface area contributed by atoms with E-state index in [9.17, 15) is 0 Å². The number of aromatic nitrogens is 2. The average Bonchev–Trinajstić information content (AvgIpc) is 3.00. The van der Waals surface area contributed by atoms with Gasteiger partial charge in [0.2, 0.25) is 0 Å². The van der Waals surface area contributed by atoms with Gasteiger partial charge < -0.3 is 5.73 Å². The minimum absolute atomic E-state index is 0.0308. The molecule has 0 bridgehead atoms. The zero-order chi connectivity index (χ0) is 12.5. The molecule has 18 heavy (non-hydrogen) atoms. The van der Waals surface area contributed by atoms with Gasteiger partial charge >= 0.3 is 0 Å². The van der Waals surface area contributed by atoms with Crippen LogP contribution in [0.25, 0.3) is 10.9 Å². The van der Waals surface area contributed by atoms with E-state index in [0.717, 1.165) is 17.6 Å². The highest BCUT2D eigenvalue weighted by molar-refractivity contribution is 7.10. The first-order valence-corrected chi connectivity index (χ1v) is 6.83. The van der Waals surface area contributed by atoms with Gasteiger partial charge in [-0.15, -0.1) is 11.3 Å². The quantitative estimate of drug-likeness (QED) is 0.784. The maximum atomic E-state index is 6.23. The molecule has 4 heteroatoms. The molecule has 3 aromatic rings. The second-order valence-electron chi connectivity index (χ2n) is 4.41. The standard InChI is InChI=1S/C14H15N3S/c1-17-13-6-3-2-5-10(13)12(16-17)9-11(15)14-7-4-8-18-14/h2-8,11H,9,15H2,1H3. The largest absolute Gasteiger partial charge is 0.323 e. The molecule has 0 amide bonds. The summed E-state index contributed by atoms with van der Waals surface area (Å²) in [4.78, 5) is 1.21. The molecule has 0 aliphatic heterocycles. The minimum Gasteiger partial charge on any atom is -0.323 e. The van der Waals surface area contributed by atoms with Crippen LogP contribution in [0.4, 0.5) is 0 Å². The SMILES string of the molecule is Cn1nc(CC(N)c2cccs2)c2ccccc21. The molecule has 0 aliphatic carbocycles.